The van der Waals surface area contributed by atoms with Gasteiger partial charge in [0.2, 0.25) is 5.91 Å². The van der Waals surface area contributed by atoms with Crippen LogP contribution in [0.15, 0.2) is 18.7 Å². The molecule has 1 saturated heterocycles. The molecule has 2 atom stereocenters. The molecule has 0 bridgehead atoms. The van der Waals surface area contributed by atoms with Crippen molar-refractivity contribution >= 4 is 5.91 Å². The zero-order valence-electron chi connectivity index (χ0n) is 8.00. The molecule has 76 valence electrons. The van der Waals surface area contributed by atoms with Gasteiger partial charge in [-0.05, 0) is 0 Å². The van der Waals surface area contributed by atoms with E-state index in [1.807, 2.05) is 0 Å². The van der Waals surface area contributed by atoms with Crippen molar-refractivity contribution in [1.82, 2.24) is 14.5 Å². The van der Waals surface area contributed by atoms with Gasteiger partial charge >= 0.3 is 0 Å². The second-order valence-electron chi connectivity index (χ2n) is 3.66. The van der Waals surface area contributed by atoms with Crippen LogP contribution in [0.25, 0.3) is 0 Å². The largest absolute Gasteiger partial charge is 0.373 e. The second kappa shape index (κ2) is 3.42. The summed E-state index contributed by atoms with van der Waals surface area (Å²) in [5.74, 6) is 0.0656. The van der Waals surface area contributed by atoms with Crippen molar-refractivity contribution < 1.29 is 9.90 Å². The topological polar surface area (TPSA) is 58.4 Å². The molecule has 1 aromatic rings. The van der Waals surface area contributed by atoms with Gasteiger partial charge in [0, 0.05) is 38.3 Å². The predicted molar refractivity (Wildman–Crippen MR) is 49.2 cm³/mol. The maximum absolute atomic E-state index is 11.2. The number of nitrogens with zero attached hydrogens (tertiary/aromatic N) is 3. The fourth-order valence-corrected chi connectivity index (χ4v) is 1.77. The van der Waals surface area contributed by atoms with Crippen molar-refractivity contribution in [2.24, 2.45) is 5.92 Å². The number of imidazole rings is 1. The molecular weight excluding hydrogens is 182 g/mol. The van der Waals surface area contributed by atoms with Crippen LogP contribution in [0.4, 0.5) is 0 Å². The van der Waals surface area contributed by atoms with Crippen LogP contribution in [0, 0.1) is 5.92 Å². The Balaban J connectivity index is 2.07. The minimum Gasteiger partial charge on any atom is -0.373 e. The first-order valence-electron chi connectivity index (χ1n) is 4.58. The summed E-state index contributed by atoms with van der Waals surface area (Å²) in [6.45, 7) is 0.609. The number of carbonyl (C=O) groups is 1. The summed E-state index contributed by atoms with van der Waals surface area (Å²) in [5.41, 5.74) is 0. The molecule has 0 aliphatic carbocycles. The molecule has 1 aliphatic heterocycles. The Labute approximate surface area is 82.0 Å². The Morgan fingerprint density at radius 2 is 2.50 bits per heavy atom. The van der Waals surface area contributed by atoms with Crippen molar-refractivity contribution in [1.29, 1.82) is 0 Å². The normalized spacial score (nSPS) is 24.3. The number of hydrogen-bond acceptors (Lipinski definition) is 3. The van der Waals surface area contributed by atoms with Crippen LogP contribution in [-0.2, 0) is 4.79 Å². The minimum atomic E-state index is -0.647. The van der Waals surface area contributed by atoms with Gasteiger partial charge < -0.3 is 14.6 Å². The highest BCUT2D eigenvalue weighted by molar-refractivity contribution is 5.78. The average molecular weight is 195 g/mol. The maximum Gasteiger partial charge on any atom is 0.222 e. The molecule has 0 radical (unpaired) electrons. The number of aromatic nitrogens is 2. The number of aliphatic hydroxyl groups excluding tert-OH is 1. The number of likely N-dealkylation sites (tertiary alicyclic amines) is 1. The maximum atomic E-state index is 11.2. The average Bonchev–Trinajstić information content (AvgIpc) is 2.76. The lowest BCUT2D eigenvalue weighted by molar-refractivity contribution is -0.126. The summed E-state index contributed by atoms with van der Waals surface area (Å²) in [6, 6.07) is 0. The molecule has 1 fully saturated rings. The summed E-state index contributed by atoms with van der Waals surface area (Å²) in [7, 11) is 1.75. The van der Waals surface area contributed by atoms with Crippen LogP contribution in [0.1, 0.15) is 12.6 Å². The Hall–Kier alpha value is -1.36. The van der Waals surface area contributed by atoms with Gasteiger partial charge in [0.25, 0.3) is 0 Å². The summed E-state index contributed by atoms with van der Waals surface area (Å²) >= 11 is 0. The Morgan fingerprint density at radius 3 is 3.00 bits per heavy atom. The highest BCUT2D eigenvalue weighted by Gasteiger charge is 2.32. The lowest BCUT2D eigenvalue weighted by Gasteiger charge is -2.18. The van der Waals surface area contributed by atoms with E-state index in [0.29, 0.717) is 13.0 Å². The van der Waals surface area contributed by atoms with Gasteiger partial charge in [-0.2, -0.15) is 0 Å². The van der Waals surface area contributed by atoms with Crippen LogP contribution in [0.3, 0.4) is 0 Å². The van der Waals surface area contributed by atoms with E-state index in [0.717, 1.165) is 0 Å². The number of rotatable bonds is 2. The standard InChI is InChI=1S/C9H13N3O2/c1-11-5-7(4-8(11)13)9(14)12-3-2-10-6-12/h2-3,6-7,9,14H,4-5H2,1H3. The Morgan fingerprint density at radius 1 is 1.71 bits per heavy atom. The van der Waals surface area contributed by atoms with E-state index in [4.69, 9.17) is 0 Å². The smallest absolute Gasteiger partial charge is 0.222 e. The van der Waals surface area contributed by atoms with Crippen LogP contribution >= 0.6 is 0 Å². The molecule has 5 heteroatoms. The van der Waals surface area contributed by atoms with Crippen molar-refractivity contribution in [2.45, 2.75) is 12.6 Å². The first kappa shape index (κ1) is 9.21. The number of hydrogen-bond donors (Lipinski definition) is 1. The van der Waals surface area contributed by atoms with E-state index in [1.54, 1.807) is 35.2 Å². The molecule has 14 heavy (non-hydrogen) atoms. The fourth-order valence-electron chi connectivity index (χ4n) is 1.77. The molecule has 1 aromatic heterocycles. The van der Waals surface area contributed by atoms with E-state index >= 15 is 0 Å². The SMILES string of the molecule is CN1CC(C(O)n2ccnc2)CC1=O. The molecule has 0 spiro atoms. The summed E-state index contributed by atoms with van der Waals surface area (Å²) in [4.78, 5) is 16.7. The van der Waals surface area contributed by atoms with Gasteiger partial charge in [0.1, 0.15) is 6.23 Å². The molecule has 2 unspecified atom stereocenters. The van der Waals surface area contributed by atoms with Crippen molar-refractivity contribution in [3.05, 3.63) is 18.7 Å². The van der Waals surface area contributed by atoms with Crippen LogP contribution in [0.5, 0.6) is 0 Å². The zero-order valence-corrected chi connectivity index (χ0v) is 8.00. The lowest BCUT2D eigenvalue weighted by Crippen LogP contribution is -2.22. The monoisotopic (exact) mass is 195 g/mol. The third-order valence-electron chi connectivity index (χ3n) is 2.62. The molecule has 0 saturated carbocycles. The van der Waals surface area contributed by atoms with E-state index in [-0.39, 0.29) is 11.8 Å². The molecule has 2 heterocycles. The van der Waals surface area contributed by atoms with Gasteiger partial charge in [0.15, 0.2) is 0 Å². The summed E-state index contributed by atoms with van der Waals surface area (Å²) < 4.78 is 1.62. The van der Waals surface area contributed by atoms with E-state index < -0.39 is 6.23 Å². The van der Waals surface area contributed by atoms with Crippen molar-refractivity contribution in [3.8, 4) is 0 Å². The van der Waals surface area contributed by atoms with Gasteiger partial charge in [0.05, 0.1) is 6.33 Å². The van der Waals surface area contributed by atoms with E-state index in [2.05, 4.69) is 4.98 Å². The highest BCUT2D eigenvalue weighted by Crippen LogP contribution is 2.25. The Bertz CT molecular complexity index is 323. The molecule has 1 aliphatic rings. The molecular formula is C9H13N3O2. The molecule has 2 rings (SSSR count). The van der Waals surface area contributed by atoms with Crippen LogP contribution in [0.2, 0.25) is 0 Å². The third kappa shape index (κ3) is 1.50. The van der Waals surface area contributed by atoms with E-state index in [9.17, 15) is 9.90 Å². The van der Waals surface area contributed by atoms with Gasteiger partial charge in [-0.3, -0.25) is 4.79 Å². The minimum absolute atomic E-state index is 0.0262. The van der Waals surface area contributed by atoms with Gasteiger partial charge in [-0.25, -0.2) is 4.98 Å². The predicted octanol–water partition coefficient (Wildman–Crippen LogP) is -0.148. The number of aliphatic hydroxyl groups is 1. The summed E-state index contributed by atoms with van der Waals surface area (Å²) in [5, 5.41) is 9.89. The third-order valence-corrected chi connectivity index (χ3v) is 2.62. The van der Waals surface area contributed by atoms with Gasteiger partial charge in [-0.1, -0.05) is 0 Å². The van der Waals surface area contributed by atoms with E-state index in [1.165, 1.54) is 0 Å². The van der Waals surface area contributed by atoms with Crippen molar-refractivity contribution in [3.63, 3.8) is 0 Å². The molecule has 0 aromatic carbocycles. The quantitative estimate of drug-likeness (QED) is 0.714. The second-order valence-corrected chi connectivity index (χ2v) is 3.66. The summed E-state index contributed by atoms with van der Waals surface area (Å²) in [6.07, 6.45) is 4.65. The zero-order chi connectivity index (χ0) is 10.1. The number of amides is 1. The fraction of sp³-hybridized carbons (Fsp3) is 0.556. The lowest BCUT2D eigenvalue weighted by atomic mass is 10.1. The first-order valence-corrected chi connectivity index (χ1v) is 4.58. The van der Waals surface area contributed by atoms with Gasteiger partial charge in [-0.15, -0.1) is 0 Å². The molecule has 1 amide bonds. The van der Waals surface area contributed by atoms with Crippen LogP contribution < -0.4 is 0 Å². The van der Waals surface area contributed by atoms with Crippen molar-refractivity contribution in [2.75, 3.05) is 13.6 Å². The number of carbonyl (C=O) groups excluding carboxylic acids is 1. The molecule has 5 nitrogen and oxygen atoms in total. The molecule has 1 N–H and O–H groups in total. The Kier molecular flexibility index (Phi) is 2.25. The first-order chi connectivity index (χ1) is 6.68. The highest BCUT2D eigenvalue weighted by atomic mass is 16.3. The van der Waals surface area contributed by atoms with Crippen LogP contribution in [-0.4, -0.2) is 39.1 Å².